The van der Waals surface area contributed by atoms with Crippen LogP contribution < -0.4 is 0 Å². The zero-order valence-electron chi connectivity index (χ0n) is 12.2. The van der Waals surface area contributed by atoms with Crippen molar-refractivity contribution in [3.8, 4) is 17.5 Å². The smallest absolute Gasteiger partial charge is 0.268 e. The van der Waals surface area contributed by atoms with Crippen molar-refractivity contribution < 1.29 is 4.52 Å². The van der Waals surface area contributed by atoms with Crippen LogP contribution in [0.3, 0.4) is 0 Å². The number of allylic oxidation sites excluding steroid dienone is 1. The van der Waals surface area contributed by atoms with Gasteiger partial charge in [-0.2, -0.15) is 15.3 Å². The van der Waals surface area contributed by atoms with Gasteiger partial charge >= 0.3 is 0 Å². The lowest BCUT2D eigenvalue weighted by atomic mass is 10.1. The van der Waals surface area contributed by atoms with Gasteiger partial charge in [0, 0.05) is 24.4 Å². The molecule has 1 aromatic carbocycles. The van der Waals surface area contributed by atoms with Crippen molar-refractivity contribution in [1.29, 1.82) is 5.26 Å². The van der Waals surface area contributed by atoms with Crippen molar-refractivity contribution in [2.45, 2.75) is 6.92 Å². The van der Waals surface area contributed by atoms with Gasteiger partial charge in [0.05, 0.1) is 6.20 Å². The average molecular weight is 291 g/mol. The third-order valence-electron chi connectivity index (χ3n) is 3.12. The van der Waals surface area contributed by atoms with Crippen LogP contribution >= 0.6 is 0 Å². The predicted molar refractivity (Wildman–Crippen MR) is 81.2 cm³/mol. The third kappa shape index (κ3) is 2.79. The van der Waals surface area contributed by atoms with Crippen LogP contribution in [0, 0.1) is 18.3 Å². The highest BCUT2D eigenvalue weighted by Gasteiger charge is 2.13. The highest BCUT2D eigenvalue weighted by Crippen LogP contribution is 2.21. The number of benzene rings is 1. The Balaban J connectivity index is 1.93. The van der Waals surface area contributed by atoms with Gasteiger partial charge in [-0.1, -0.05) is 35.0 Å². The second kappa shape index (κ2) is 5.66. The van der Waals surface area contributed by atoms with E-state index in [2.05, 4.69) is 21.3 Å². The maximum atomic E-state index is 9.29. The standard InChI is InChI=1S/C16H13N5O/c1-11-3-5-13(6-4-11)15-19-16(22-20-15)14(8-17)7-12-9-18-21(2)10-12/h3-7,9-10H,1-2H3/b14-7+. The first kappa shape index (κ1) is 13.8. The molecular formula is C16H13N5O. The van der Waals surface area contributed by atoms with E-state index in [0.29, 0.717) is 11.4 Å². The molecule has 0 N–H and O–H groups in total. The summed E-state index contributed by atoms with van der Waals surface area (Å²) in [6.07, 6.45) is 5.13. The molecule has 0 fully saturated rings. The molecule has 0 aliphatic heterocycles. The normalized spacial score (nSPS) is 11.4. The van der Waals surface area contributed by atoms with Crippen LogP contribution in [-0.4, -0.2) is 19.9 Å². The van der Waals surface area contributed by atoms with Crippen molar-refractivity contribution in [1.82, 2.24) is 19.9 Å². The first-order valence-electron chi connectivity index (χ1n) is 6.67. The highest BCUT2D eigenvalue weighted by molar-refractivity contribution is 5.86. The SMILES string of the molecule is Cc1ccc(-c2noc(/C(C#N)=C/c3cnn(C)c3)n2)cc1. The van der Waals surface area contributed by atoms with E-state index in [1.807, 2.05) is 38.2 Å². The molecule has 3 aromatic rings. The molecule has 0 unspecified atom stereocenters. The molecule has 0 saturated carbocycles. The number of rotatable bonds is 3. The fourth-order valence-corrected chi connectivity index (χ4v) is 1.98. The minimum Gasteiger partial charge on any atom is -0.333 e. The van der Waals surface area contributed by atoms with Crippen LogP contribution in [0.1, 0.15) is 17.0 Å². The second-order valence-electron chi connectivity index (χ2n) is 4.91. The molecule has 0 saturated heterocycles. The fourth-order valence-electron chi connectivity index (χ4n) is 1.98. The molecule has 0 bridgehead atoms. The molecule has 2 aromatic heterocycles. The summed E-state index contributed by atoms with van der Waals surface area (Å²) < 4.78 is 6.86. The second-order valence-corrected chi connectivity index (χ2v) is 4.91. The summed E-state index contributed by atoms with van der Waals surface area (Å²) in [7, 11) is 1.81. The Labute approximate surface area is 127 Å². The molecule has 22 heavy (non-hydrogen) atoms. The zero-order chi connectivity index (χ0) is 15.5. The van der Waals surface area contributed by atoms with Gasteiger partial charge in [-0.3, -0.25) is 4.68 Å². The van der Waals surface area contributed by atoms with Gasteiger partial charge in [0.15, 0.2) is 0 Å². The van der Waals surface area contributed by atoms with E-state index >= 15 is 0 Å². The van der Waals surface area contributed by atoms with Gasteiger partial charge in [0.2, 0.25) is 5.82 Å². The summed E-state index contributed by atoms with van der Waals surface area (Å²) in [5, 5.41) is 17.3. The van der Waals surface area contributed by atoms with E-state index in [4.69, 9.17) is 4.52 Å². The van der Waals surface area contributed by atoms with Gasteiger partial charge in [-0.05, 0) is 13.0 Å². The Morgan fingerprint density at radius 1 is 1.32 bits per heavy atom. The van der Waals surface area contributed by atoms with Crippen LogP contribution in [0.15, 0.2) is 41.2 Å². The first-order chi connectivity index (χ1) is 10.7. The minimum atomic E-state index is 0.196. The monoisotopic (exact) mass is 291 g/mol. The molecule has 108 valence electrons. The van der Waals surface area contributed by atoms with Crippen LogP contribution in [0.25, 0.3) is 23.0 Å². The molecule has 0 atom stereocenters. The van der Waals surface area contributed by atoms with Gasteiger partial charge in [-0.15, -0.1) is 0 Å². The molecule has 3 rings (SSSR count). The summed E-state index contributed by atoms with van der Waals surface area (Å²) in [5.74, 6) is 0.657. The molecule has 0 spiro atoms. The van der Waals surface area contributed by atoms with Crippen LogP contribution in [0.4, 0.5) is 0 Å². The van der Waals surface area contributed by atoms with Crippen molar-refractivity contribution in [3.05, 3.63) is 53.7 Å². The lowest BCUT2D eigenvalue weighted by molar-refractivity contribution is 0.409. The Morgan fingerprint density at radius 2 is 2.09 bits per heavy atom. The molecule has 6 heteroatoms. The number of aromatic nitrogens is 4. The third-order valence-corrected chi connectivity index (χ3v) is 3.12. The van der Waals surface area contributed by atoms with Crippen molar-refractivity contribution in [2.75, 3.05) is 0 Å². The number of nitrogens with zero attached hydrogens (tertiary/aromatic N) is 5. The maximum absolute atomic E-state index is 9.29. The average Bonchev–Trinajstić information content (AvgIpc) is 3.15. The molecule has 6 nitrogen and oxygen atoms in total. The first-order valence-corrected chi connectivity index (χ1v) is 6.67. The van der Waals surface area contributed by atoms with E-state index in [0.717, 1.165) is 16.7 Å². The van der Waals surface area contributed by atoms with Crippen LogP contribution in [-0.2, 0) is 7.05 Å². The Hall–Kier alpha value is -3.20. The predicted octanol–water partition coefficient (Wildman–Crippen LogP) is 2.84. The molecule has 2 heterocycles. The lowest BCUT2D eigenvalue weighted by Crippen LogP contribution is -1.85. The Bertz CT molecular complexity index is 865. The summed E-state index contributed by atoms with van der Waals surface area (Å²) in [4.78, 5) is 4.29. The summed E-state index contributed by atoms with van der Waals surface area (Å²) in [5.41, 5.74) is 3.11. The molecule has 0 amide bonds. The number of hydrogen-bond donors (Lipinski definition) is 0. The van der Waals surface area contributed by atoms with Crippen molar-refractivity contribution in [3.63, 3.8) is 0 Å². The molecule has 0 radical (unpaired) electrons. The highest BCUT2D eigenvalue weighted by atomic mass is 16.5. The Kier molecular flexibility index (Phi) is 3.54. The van der Waals surface area contributed by atoms with Crippen LogP contribution in [0.5, 0.6) is 0 Å². The number of nitriles is 1. The van der Waals surface area contributed by atoms with Gasteiger partial charge in [0.25, 0.3) is 5.89 Å². The number of aryl methyl sites for hydroxylation is 2. The van der Waals surface area contributed by atoms with E-state index in [1.54, 1.807) is 23.2 Å². The zero-order valence-corrected chi connectivity index (χ0v) is 12.2. The molecule has 0 aliphatic carbocycles. The van der Waals surface area contributed by atoms with Crippen molar-refractivity contribution >= 4 is 11.6 Å². The summed E-state index contributed by atoms with van der Waals surface area (Å²) >= 11 is 0. The van der Waals surface area contributed by atoms with E-state index in [-0.39, 0.29) is 5.89 Å². The van der Waals surface area contributed by atoms with E-state index < -0.39 is 0 Å². The van der Waals surface area contributed by atoms with E-state index in [9.17, 15) is 5.26 Å². The topological polar surface area (TPSA) is 80.5 Å². The van der Waals surface area contributed by atoms with E-state index in [1.165, 1.54) is 0 Å². The van der Waals surface area contributed by atoms with Crippen molar-refractivity contribution in [2.24, 2.45) is 7.05 Å². The molecular weight excluding hydrogens is 278 g/mol. The number of hydrogen-bond acceptors (Lipinski definition) is 5. The maximum Gasteiger partial charge on any atom is 0.268 e. The Morgan fingerprint density at radius 3 is 2.73 bits per heavy atom. The quantitative estimate of drug-likeness (QED) is 0.693. The van der Waals surface area contributed by atoms with Gasteiger partial charge < -0.3 is 4.52 Å². The lowest BCUT2D eigenvalue weighted by Gasteiger charge is -1.94. The van der Waals surface area contributed by atoms with Gasteiger partial charge in [-0.25, -0.2) is 0 Å². The summed E-state index contributed by atoms with van der Waals surface area (Å²) in [6, 6.07) is 9.86. The van der Waals surface area contributed by atoms with Gasteiger partial charge in [0.1, 0.15) is 11.6 Å². The molecule has 0 aliphatic rings. The minimum absolute atomic E-state index is 0.196. The fraction of sp³-hybridized carbons (Fsp3) is 0.125. The summed E-state index contributed by atoms with van der Waals surface area (Å²) in [6.45, 7) is 2.01. The largest absolute Gasteiger partial charge is 0.333 e. The van der Waals surface area contributed by atoms with Crippen LogP contribution in [0.2, 0.25) is 0 Å².